The number of carbonyl (C=O) groups excluding carboxylic acids is 1. The Morgan fingerprint density at radius 2 is 1.92 bits per heavy atom. The van der Waals surface area contributed by atoms with Gasteiger partial charge in [0.15, 0.2) is 0 Å². The lowest BCUT2D eigenvalue weighted by Crippen LogP contribution is -2.40. The first-order chi connectivity index (χ1) is 11.1. The van der Waals surface area contributed by atoms with E-state index in [2.05, 4.69) is 0 Å². The zero-order valence-electron chi connectivity index (χ0n) is 13.5. The number of rotatable bonds is 4. The molecular weight excluding hydrogens is 336 g/mol. The lowest BCUT2D eigenvalue weighted by molar-refractivity contribution is -0.384. The van der Waals surface area contributed by atoms with Crippen LogP contribution in [0.15, 0.2) is 23.1 Å². The van der Waals surface area contributed by atoms with Crippen LogP contribution in [0.3, 0.4) is 0 Å². The Bertz CT molecular complexity index is 754. The maximum Gasteiger partial charge on any atom is 0.293 e. The SMILES string of the molecule is CN(C)C(=O)C1CCN(c2ccc(S(N)(=O)=O)cc2[N+](=O)[O-])CC1. The van der Waals surface area contributed by atoms with Crippen molar-refractivity contribution in [2.24, 2.45) is 11.1 Å². The third-order valence-electron chi connectivity index (χ3n) is 4.10. The average Bonchev–Trinajstić information content (AvgIpc) is 2.52. The van der Waals surface area contributed by atoms with Gasteiger partial charge in [0.25, 0.3) is 5.69 Å². The molecular formula is C14H20N4O5S. The number of nitrogens with two attached hydrogens (primary N) is 1. The minimum Gasteiger partial charge on any atom is -0.366 e. The first-order valence-electron chi connectivity index (χ1n) is 7.38. The summed E-state index contributed by atoms with van der Waals surface area (Å²) in [5.74, 6) is -0.0484. The molecule has 132 valence electrons. The predicted molar refractivity (Wildman–Crippen MR) is 88.1 cm³/mol. The number of amides is 1. The van der Waals surface area contributed by atoms with Gasteiger partial charge in [-0.05, 0) is 25.0 Å². The molecule has 1 aromatic carbocycles. The Kier molecular flexibility index (Phi) is 5.09. The van der Waals surface area contributed by atoms with Gasteiger partial charge in [-0.3, -0.25) is 14.9 Å². The number of nitro benzene ring substituents is 1. The quantitative estimate of drug-likeness (QED) is 0.620. The molecule has 2 N–H and O–H groups in total. The summed E-state index contributed by atoms with van der Waals surface area (Å²) >= 11 is 0. The Labute approximate surface area is 140 Å². The number of piperidine rings is 1. The molecule has 1 amide bonds. The van der Waals surface area contributed by atoms with Crippen LogP contribution in [0.5, 0.6) is 0 Å². The smallest absolute Gasteiger partial charge is 0.293 e. The van der Waals surface area contributed by atoms with Gasteiger partial charge < -0.3 is 9.80 Å². The van der Waals surface area contributed by atoms with Gasteiger partial charge in [0.05, 0.1) is 9.82 Å². The molecule has 1 saturated heterocycles. The summed E-state index contributed by atoms with van der Waals surface area (Å²) in [6, 6.07) is 3.63. The Morgan fingerprint density at radius 3 is 2.38 bits per heavy atom. The molecule has 0 spiro atoms. The van der Waals surface area contributed by atoms with Crippen LogP contribution in [-0.2, 0) is 14.8 Å². The molecule has 9 nitrogen and oxygen atoms in total. The van der Waals surface area contributed by atoms with E-state index in [9.17, 15) is 23.3 Å². The van der Waals surface area contributed by atoms with Gasteiger partial charge in [0, 0.05) is 39.2 Å². The van der Waals surface area contributed by atoms with Gasteiger partial charge in [-0.2, -0.15) is 0 Å². The molecule has 0 bridgehead atoms. The maximum absolute atomic E-state index is 12.0. The fourth-order valence-electron chi connectivity index (χ4n) is 2.83. The van der Waals surface area contributed by atoms with Crippen LogP contribution in [0.1, 0.15) is 12.8 Å². The summed E-state index contributed by atoms with van der Waals surface area (Å²) in [6.45, 7) is 0.972. The number of nitro groups is 1. The molecule has 1 aliphatic heterocycles. The van der Waals surface area contributed by atoms with Gasteiger partial charge in [-0.1, -0.05) is 0 Å². The number of hydrogen-bond donors (Lipinski definition) is 1. The summed E-state index contributed by atoms with van der Waals surface area (Å²) in [7, 11) is -0.609. The van der Waals surface area contributed by atoms with Crippen molar-refractivity contribution in [1.82, 2.24) is 4.90 Å². The predicted octanol–water partition coefficient (Wildman–Crippen LogP) is 0.547. The second kappa shape index (κ2) is 6.73. The monoisotopic (exact) mass is 356 g/mol. The van der Waals surface area contributed by atoms with Gasteiger partial charge in [0.2, 0.25) is 15.9 Å². The normalized spacial score (nSPS) is 16.0. The van der Waals surface area contributed by atoms with E-state index in [4.69, 9.17) is 5.14 Å². The number of anilines is 1. The Balaban J connectivity index is 2.24. The van der Waals surface area contributed by atoms with E-state index in [1.807, 2.05) is 0 Å². The van der Waals surface area contributed by atoms with E-state index >= 15 is 0 Å². The topological polar surface area (TPSA) is 127 Å². The highest BCUT2D eigenvalue weighted by atomic mass is 32.2. The van der Waals surface area contributed by atoms with Crippen molar-refractivity contribution >= 4 is 27.3 Å². The zero-order chi connectivity index (χ0) is 18.1. The summed E-state index contributed by atoms with van der Waals surface area (Å²) in [5.41, 5.74) is 0.0297. The molecule has 24 heavy (non-hydrogen) atoms. The Morgan fingerprint density at radius 1 is 1.33 bits per heavy atom. The van der Waals surface area contributed by atoms with E-state index in [0.29, 0.717) is 31.6 Å². The number of sulfonamides is 1. The van der Waals surface area contributed by atoms with Crippen molar-refractivity contribution in [3.05, 3.63) is 28.3 Å². The van der Waals surface area contributed by atoms with Crippen LogP contribution in [0.25, 0.3) is 0 Å². The third kappa shape index (κ3) is 3.82. The Hall–Kier alpha value is -2.20. The standard InChI is InChI=1S/C14H20N4O5S/c1-16(2)14(19)10-5-7-17(8-6-10)12-4-3-11(24(15,22)23)9-13(12)18(20)21/h3-4,9-10H,5-8H2,1-2H3,(H2,15,22,23). The van der Waals surface area contributed by atoms with Crippen molar-refractivity contribution in [1.29, 1.82) is 0 Å². The molecule has 0 aliphatic carbocycles. The molecule has 0 aromatic heterocycles. The molecule has 2 rings (SSSR count). The largest absolute Gasteiger partial charge is 0.366 e. The van der Waals surface area contributed by atoms with Crippen molar-refractivity contribution in [3.63, 3.8) is 0 Å². The minimum absolute atomic E-state index is 0.0497. The van der Waals surface area contributed by atoms with E-state index in [0.717, 1.165) is 6.07 Å². The maximum atomic E-state index is 12.0. The van der Waals surface area contributed by atoms with E-state index in [1.54, 1.807) is 23.9 Å². The molecule has 1 heterocycles. The number of hydrogen-bond acceptors (Lipinski definition) is 6. The highest BCUT2D eigenvalue weighted by molar-refractivity contribution is 7.89. The van der Waals surface area contributed by atoms with E-state index in [1.165, 1.54) is 12.1 Å². The molecule has 1 aliphatic rings. The number of primary sulfonamides is 1. The van der Waals surface area contributed by atoms with Crippen molar-refractivity contribution < 1.29 is 18.1 Å². The molecule has 1 aromatic rings. The van der Waals surface area contributed by atoms with Crippen LogP contribution >= 0.6 is 0 Å². The van der Waals surface area contributed by atoms with Crippen LogP contribution in [-0.4, -0.2) is 51.3 Å². The number of benzene rings is 1. The summed E-state index contributed by atoms with van der Waals surface area (Å²) in [6.07, 6.45) is 1.18. The highest BCUT2D eigenvalue weighted by Gasteiger charge is 2.29. The fraction of sp³-hybridized carbons (Fsp3) is 0.500. The van der Waals surface area contributed by atoms with Gasteiger partial charge in [-0.25, -0.2) is 13.6 Å². The first kappa shape index (κ1) is 18.1. The van der Waals surface area contributed by atoms with Crippen LogP contribution in [0.4, 0.5) is 11.4 Å². The molecule has 0 atom stereocenters. The highest BCUT2D eigenvalue weighted by Crippen LogP contribution is 2.33. The zero-order valence-corrected chi connectivity index (χ0v) is 14.3. The minimum atomic E-state index is -4.01. The summed E-state index contributed by atoms with van der Waals surface area (Å²) in [4.78, 5) is 25.7. The van der Waals surface area contributed by atoms with Gasteiger partial charge in [-0.15, -0.1) is 0 Å². The van der Waals surface area contributed by atoms with E-state index in [-0.39, 0.29) is 22.4 Å². The number of nitrogens with zero attached hydrogens (tertiary/aromatic N) is 3. The fourth-order valence-corrected chi connectivity index (χ4v) is 3.36. The summed E-state index contributed by atoms with van der Waals surface area (Å²) in [5, 5.41) is 16.3. The lowest BCUT2D eigenvalue weighted by Gasteiger charge is -2.33. The van der Waals surface area contributed by atoms with E-state index < -0.39 is 14.9 Å². The lowest BCUT2D eigenvalue weighted by atomic mass is 9.95. The molecule has 1 fully saturated rings. The second-order valence-corrected chi connectivity index (χ2v) is 7.51. The summed E-state index contributed by atoms with van der Waals surface area (Å²) < 4.78 is 22.8. The van der Waals surface area contributed by atoms with Crippen LogP contribution in [0.2, 0.25) is 0 Å². The molecule has 0 saturated carbocycles. The molecule has 10 heteroatoms. The second-order valence-electron chi connectivity index (χ2n) is 5.95. The van der Waals surface area contributed by atoms with Crippen molar-refractivity contribution in [3.8, 4) is 0 Å². The molecule has 0 radical (unpaired) electrons. The first-order valence-corrected chi connectivity index (χ1v) is 8.93. The van der Waals surface area contributed by atoms with Crippen molar-refractivity contribution in [2.45, 2.75) is 17.7 Å². The van der Waals surface area contributed by atoms with Crippen LogP contribution in [0, 0.1) is 16.0 Å². The third-order valence-corrected chi connectivity index (χ3v) is 5.01. The van der Waals surface area contributed by atoms with Gasteiger partial charge in [0.1, 0.15) is 5.69 Å². The number of carbonyl (C=O) groups is 1. The van der Waals surface area contributed by atoms with Gasteiger partial charge >= 0.3 is 0 Å². The van der Waals surface area contributed by atoms with Crippen molar-refractivity contribution in [2.75, 3.05) is 32.1 Å². The molecule has 0 unspecified atom stereocenters. The van der Waals surface area contributed by atoms with Crippen LogP contribution < -0.4 is 10.0 Å². The average molecular weight is 356 g/mol.